The zero-order chi connectivity index (χ0) is 19.0. The Morgan fingerprint density at radius 1 is 1.36 bits per heavy atom. The number of anilines is 2. The van der Waals surface area contributed by atoms with Gasteiger partial charge in [0.05, 0.1) is 5.69 Å². The lowest BCUT2D eigenvalue weighted by atomic mass is 10.1. The van der Waals surface area contributed by atoms with Gasteiger partial charge in [0.1, 0.15) is 5.69 Å². The lowest BCUT2D eigenvalue weighted by Crippen LogP contribution is -2.34. The average molecular weight is 356 g/mol. The minimum atomic E-state index is -1.56. The predicted octanol–water partition coefficient (Wildman–Crippen LogP) is -1.03. The molecular formula is C14H20N4O7. The minimum Gasteiger partial charge on any atom is -0.479 e. The third-order valence-electron chi connectivity index (χ3n) is 2.97. The molecule has 0 fully saturated rings. The number of aliphatic hydroxyl groups excluding tert-OH is 1. The molecule has 0 radical (unpaired) electrons. The minimum absolute atomic E-state index is 0.0404. The van der Waals surface area contributed by atoms with Crippen molar-refractivity contribution < 1.29 is 34.2 Å². The molecule has 138 valence electrons. The highest BCUT2D eigenvalue weighted by molar-refractivity contribution is 5.96. The van der Waals surface area contributed by atoms with Crippen LogP contribution in [0.15, 0.2) is 18.2 Å². The number of nitrogens with zero attached hydrogens (tertiary/aromatic N) is 1. The molecule has 11 heteroatoms. The summed E-state index contributed by atoms with van der Waals surface area (Å²) < 4.78 is 4.57. The fourth-order valence-electron chi connectivity index (χ4n) is 1.66. The van der Waals surface area contributed by atoms with E-state index in [4.69, 9.17) is 26.6 Å². The van der Waals surface area contributed by atoms with E-state index in [0.717, 1.165) is 5.17 Å². The van der Waals surface area contributed by atoms with Crippen LogP contribution in [0.25, 0.3) is 0 Å². The Bertz CT molecular complexity index is 638. The molecular weight excluding hydrogens is 336 g/mol. The predicted molar refractivity (Wildman–Crippen MR) is 85.8 cm³/mol. The zero-order valence-electron chi connectivity index (χ0n) is 13.5. The molecule has 1 aromatic rings. The molecule has 0 aliphatic rings. The van der Waals surface area contributed by atoms with Crippen LogP contribution in [-0.2, 0) is 19.2 Å². The number of benzene rings is 1. The van der Waals surface area contributed by atoms with E-state index in [0.29, 0.717) is 0 Å². The van der Waals surface area contributed by atoms with Crippen molar-refractivity contribution in [3.05, 3.63) is 23.8 Å². The second-order valence-electron chi connectivity index (χ2n) is 4.88. The van der Waals surface area contributed by atoms with Gasteiger partial charge in [-0.3, -0.25) is 9.59 Å². The summed E-state index contributed by atoms with van der Waals surface area (Å²) in [6.45, 7) is 0.723. The van der Waals surface area contributed by atoms with E-state index in [1.807, 2.05) is 0 Å². The molecule has 0 spiro atoms. The van der Waals surface area contributed by atoms with Gasteiger partial charge >= 0.3 is 11.9 Å². The summed E-state index contributed by atoms with van der Waals surface area (Å²) in [7, 11) is 0. The Morgan fingerprint density at radius 2 is 2.04 bits per heavy atom. The van der Waals surface area contributed by atoms with E-state index in [1.165, 1.54) is 25.1 Å². The normalized spacial score (nSPS) is 11.5. The van der Waals surface area contributed by atoms with Gasteiger partial charge < -0.3 is 26.0 Å². The highest BCUT2D eigenvalue weighted by Crippen LogP contribution is 2.23. The lowest BCUT2D eigenvalue weighted by molar-refractivity contribution is -0.154. The van der Waals surface area contributed by atoms with Crippen molar-refractivity contribution >= 4 is 29.2 Å². The molecule has 1 atom stereocenters. The number of carboxylic acids is 1. The van der Waals surface area contributed by atoms with Gasteiger partial charge in [-0.15, -0.1) is 0 Å². The number of carbonyl (C=O) groups excluding carboxylic acids is 2. The number of aliphatic hydroxyl groups is 1. The van der Waals surface area contributed by atoms with E-state index in [1.54, 1.807) is 0 Å². The van der Waals surface area contributed by atoms with Crippen LogP contribution in [-0.4, -0.2) is 47.5 Å². The first-order chi connectivity index (χ1) is 11.7. The second-order valence-corrected chi connectivity index (χ2v) is 4.88. The van der Waals surface area contributed by atoms with Crippen molar-refractivity contribution in [2.75, 3.05) is 24.2 Å². The number of nitrogens with two attached hydrogens (primary N) is 2. The van der Waals surface area contributed by atoms with Crippen molar-refractivity contribution in [1.82, 2.24) is 5.32 Å². The molecule has 1 rings (SSSR count). The molecule has 7 N–H and O–H groups in total. The third-order valence-corrected chi connectivity index (χ3v) is 2.97. The number of carbonyl (C=O) groups is 3. The summed E-state index contributed by atoms with van der Waals surface area (Å²) >= 11 is 0. The quantitative estimate of drug-likeness (QED) is 0.121. The first kappa shape index (κ1) is 20.2. The van der Waals surface area contributed by atoms with Crippen molar-refractivity contribution in [1.29, 1.82) is 0 Å². The molecule has 0 bridgehead atoms. The number of hydrazine groups is 1. The second kappa shape index (κ2) is 9.42. The Hall–Kier alpha value is -2.89. The van der Waals surface area contributed by atoms with Gasteiger partial charge in [0.15, 0.2) is 6.10 Å². The van der Waals surface area contributed by atoms with Crippen LogP contribution in [0.3, 0.4) is 0 Å². The van der Waals surface area contributed by atoms with Crippen LogP contribution in [0.2, 0.25) is 0 Å². The van der Waals surface area contributed by atoms with Gasteiger partial charge in [-0.05, 0) is 18.2 Å². The Morgan fingerprint density at radius 3 is 2.64 bits per heavy atom. The number of nitrogens with one attached hydrogen (secondary N) is 1. The fraction of sp³-hybridized carbons (Fsp3) is 0.357. The number of ether oxygens (including phenoxy) is 1. The number of hydrogen-bond donors (Lipinski definition) is 5. The molecule has 1 unspecified atom stereocenters. The molecule has 0 aliphatic carbocycles. The van der Waals surface area contributed by atoms with Crippen LogP contribution < -0.4 is 22.1 Å². The van der Waals surface area contributed by atoms with Crippen molar-refractivity contribution in [3.63, 3.8) is 0 Å². The monoisotopic (exact) mass is 356 g/mol. The van der Waals surface area contributed by atoms with Gasteiger partial charge in [0.25, 0.3) is 5.91 Å². The SMILES string of the molecule is CC(=O)OCON(N)c1cc(C(=O)NCCC(O)C(=O)O)ccc1N. The summed E-state index contributed by atoms with van der Waals surface area (Å²) in [5.74, 6) is 3.19. The van der Waals surface area contributed by atoms with E-state index < -0.39 is 30.7 Å². The van der Waals surface area contributed by atoms with Gasteiger partial charge in [0, 0.05) is 25.5 Å². The maximum atomic E-state index is 12.0. The van der Waals surface area contributed by atoms with Gasteiger partial charge in [-0.2, -0.15) is 5.17 Å². The number of amides is 1. The van der Waals surface area contributed by atoms with Crippen molar-refractivity contribution in [2.24, 2.45) is 5.84 Å². The molecule has 0 saturated carbocycles. The first-order valence-corrected chi connectivity index (χ1v) is 7.12. The Kier molecular flexibility index (Phi) is 7.59. The van der Waals surface area contributed by atoms with Gasteiger partial charge in [-0.25, -0.2) is 15.5 Å². The summed E-state index contributed by atoms with van der Waals surface area (Å²) in [6, 6.07) is 4.19. The van der Waals surface area contributed by atoms with E-state index in [9.17, 15) is 14.4 Å². The smallest absolute Gasteiger partial charge is 0.332 e. The molecule has 0 heterocycles. The summed E-state index contributed by atoms with van der Waals surface area (Å²) in [5.41, 5.74) is 6.31. The van der Waals surface area contributed by atoms with Gasteiger partial charge in [0.2, 0.25) is 6.79 Å². The molecule has 11 nitrogen and oxygen atoms in total. The summed E-state index contributed by atoms with van der Waals surface area (Å²) in [5, 5.41) is 20.9. The molecule has 0 saturated heterocycles. The number of rotatable bonds is 9. The van der Waals surface area contributed by atoms with Crippen LogP contribution in [0.4, 0.5) is 11.4 Å². The van der Waals surface area contributed by atoms with Crippen LogP contribution in [0.1, 0.15) is 23.7 Å². The van der Waals surface area contributed by atoms with Gasteiger partial charge in [-0.1, -0.05) is 0 Å². The Labute approximate surface area is 143 Å². The van der Waals surface area contributed by atoms with E-state index in [2.05, 4.69) is 10.1 Å². The van der Waals surface area contributed by atoms with Crippen molar-refractivity contribution in [3.8, 4) is 0 Å². The number of aliphatic carboxylic acids is 1. The summed E-state index contributed by atoms with van der Waals surface area (Å²) in [6.07, 6.45) is -1.70. The highest BCUT2D eigenvalue weighted by Gasteiger charge is 2.15. The van der Waals surface area contributed by atoms with Crippen LogP contribution in [0, 0.1) is 0 Å². The number of hydrogen-bond acceptors (Lipinski definition) is 9. The average Bonchev–Trinajstić information content (AvgIpc) is 2.54. The Balaban J connectivity index is 2.67. The summed E-state index contributed by atoms with van der Waals surface area (Å²) in [4.78, 5) is 38.1. The standard InChI is InChI=1S/C14H20N4O7/c1-8(19)24-7-25-18(16)11-6-9(2-3-10(11)15)13(21)17-5-4-12(20)14(22)23/h2-3,6,12,20H,4-5,7,15-16H2,1H3,(H,17,21)(H,22,23). The van der Waals surface area contributed by atoms with E-state index >= 15 is 0 Å². The first-order valence-electron chi connectivity index (χ1n) is 7.12. The molecule has 0 aliphatic heterocycles. The largest absolute Gasteiger partial charge is 0.479 e. The van der Waals surface area contributed by atoms with Crippen molar-refractivity contribution in [2.45, 2.75) is 19.4 Å². The molecule has 1 amide bonds. The third kappa shape index (κ3) is 6.63. The molecule has 1 aromatic carbocycles. The van der Waals surface area contributed by atoms with Crippen LogP contribution in [0.5, 0.6) is 0 Å². The zero-order valence-corrected chi connectivity index (χ0v) is 13.5. The molecule has 25 heavy (non-hydrogen) atoms. The number of carboxylic acid groups (broad SMARTS) is 1. The highest BCUT2D eigenvalue weighted by atomic mass is 16.8. The topological polar surface area (TPSA) is 177 Å². The maximum absolute atomic E-state index is 12.0. The number of nitrogen functional groups attached to an aromatic ring is 1. The lowest BCUT2D eigenvalue weighted by Gasteiger charge is -2.19. The molecule has 0 aromatic heterocycles. The fourth-order valence-corrected chi connectivity index (χ4v) is 1.66. The van der Waals surface area contributed by atoms with E-state index in [-0.39, 0.29) is 29.9 Å². The maximum Gasteiger partial charge on any atom is 0.332 e. The number of esters is 1. The van der Waals surface area contributed by atoms with Crippen LogP contribution >= 0.6 is 0 Å².